The molecule has 1 unspecified atom stereocenters. The summed E-state index contributed by atoms with van der Waals surface area (Å²) >= 11 is 0. The van der Waals surface area contributed by atoms with Gasteiger partial charge in [-0.2, -0.15) is 5.26 Å². The molecule has 0 radical (unpaired) electrons. The first-order chi connectivity index (χ1) is 10.2. The second-order valence-corrected chi connectivity index (χ2v) is 6.00. The summed E-state index contributed by atoms with van der Waals surface area (Å²) in [7, 11) is 0. The molecule has 1 N–H and O–H groups in total. The molecule has 1 aromatic carbocycles. The summed E-state index contributed by atoms with van der Waals surface area (Å²) in [5, 5.41) is 12.5. The maximum Gasteiger partial charge on any atom is 0.168 e. The van der Waals surface area contributed by atoms with Gasteiger partial charge in [0, 0.05) is 24.9 Å². The fourth-order valence-corrected chi connectivity index (χ4v) is 3.31. The van der Waals surface area contributed by atoms with Crippen LogP contribution in [0.1, 0.15) is 49.8 Å². The average molecular weight is 286 g/mol. The molecule has 0 amide bonds. The zero-order valence-electron chi connectivity index (χ0n) is 12.5. The third kappa shape index (κ3) is 3.26. The summed E-state index contributed by atoms with van der Waals surface area (Å²) in [5.41, 5.74) is 1.93. The Morgan fingerprint density at radius 2 is 1.81 bits per heavy atom. The van der Waals surface area contributed by atoms with E-state index in [4.69, 9.17) is 14.7 Å². The summed E-state index contributed by atoms with van der Waals surface area (Å²) in [6.45, 7) is 3.65. The number of hydrogen-bond acceptors (Lipinski definition) is 4. The van der Waals surface area contributed by atoms with Gasteiger partial charge in [0.2, 0.25) is 0 Å². The third-order valence-corrected chi connectivity index (χ3v) is 4.59. The van der Waals surface area contributed by atoms with Gasteiger partial charge in [0.05, 0.1) is 24.8 Å². The van der Waals surface area contributed by atoms with E-state index in [1.54, 1.807) is 0 Å². The van der Waals surface area contributed by atoms with Gasteiger partial charge in [-0.25, -0.2) is 0 Å². The molecule has 1 atom stereocenters. The van der Waals surface area contributed by atoms with Crippen LogP contribution < -0.4 is 5.32 Å². The minimum atomic E-state index is -0.282. The molecule has 4 nitrogen and oxygen atoms in total. The van der Waals surface area contributed by atoms with Gasteiger partial charge in [0.15, 0.2) is 5.79 Å². The minimum absolute atomic E-state index is 0.282. The van der Waals surface area contributed by atoms with Crippen molar-refractivity contribution in [2.45, 2.75) is 50.5 Å². The van der Waals surface area contributed by atoms with Crippen molar-refractivity contribution in [2.24, 2.45) is 0 Å². The standard InChI is InChI=1S/C17H22N2O2/c1-13(15-4-2-14(12-18)3-5-15)19-16-6-8-17(9-7-16)20-10-11-21-17/h2-5,13,16,19H,6-11H2,1H3. The smallest absolute Gasteiger partial charge is 0.168 e. The van der Waals surface area contributed by atoms with E-state index in [0.29, 0.717) is 17.6 Å². The molecule has 0 bridgehead atoms. The highest BCUT2D eigenvalue weighted by Crippen LogP contribution is 2.36. The summed E-state index contributed by atoms with van der Waals surface area (Å²) in [6, 6.07) is 10.8. The van der Waals surface area contributed by atoms with Crippen molar-refractivity contribution in [1.82, 2.24) is 5.32 Å². The molecule has 2 fully saturated rings. The molecule has 1 saturated carbocycles. The van der Waals surface area contributed by atoms with Crippen LogP contribution in [0.2, 0.25) is 0 Å². The van der Waals surface area contributed by atoms with Crippen LogP contribution in [0.5, 0.6) is 0 Å². The SMILES string of the molecule is CC(NC1CCC2(CC1)OCCO2)c1ccc(C#N)cc1. The molecule has 4 heteroatoms. The van der Waals surface area contributed by atoms with Crippen LogP contribution in [0.3, 0.4) is 0 Å². The van der Waals surface area contributed by atoms with Gasteiger partial charge in [-0.3, -0.25) is 0 Å². The molecule has 1 heterocycles. The number of nitrogens with one attached hydrogen (secondary N) is 1. The van der Waals surface area contributed by atoms with Crippen molar-refractivity contribution in [3.63, 3.8) is 0 Å². The van der Waals surface area contributed by atoms with E-state index in [0.717, 1.165) is 38.9 Å². The Balaban J connectivity index is 1.53. The largest absolute Gasteiger partial charge is 0.348 e. The lowest BCUT2D eigenvalue weighted by Crippen LogP contribution is -2.42. The van der Waals surface area contributed by atoms with E-state index in [1.165, 1.54) is 5.56 Å². The third-order valence-electron chi connectivity index (χ3n) is 4.59. The van der Waals surface area contributed by atoms with Crippen molar-refractivity contribution in [1.29, 1.82) is 5.26 Å². The number of nitrogens with zero attached hydrogens (tertiary/aromatic N) is 1. The normalized spacial score (nSPS) is 23.0. The summed E-state index contributed by atoms with van der Waals surface area (Å²) in [6.07, 6.45) is 4.12. The van der Waals surface area contributed by atoms with Crippen LogP contribution in [0.25, 0.3) is 0 Å². The van der Waals surface area contributed by atoms with E-state index >= 15 is 0 Å². The van der Waals surface area contributed by atoms with Crippen LogP contribution in [0.4, 0.5) is 0 Å². The number of nitriles is 1. The molecule has 21 heavy (non-hydrogen) atoms. The Kier molecular flexibility index (Phi) is 4.25. The molecule has 1 spiro atoms. The van der Waals surface area contributed by atoms with Gasteiger partial charge >= 0.3 is 0 Å². The van der Waals surface area contributed by atoms with E-state index in [-0.39, 0.29) is 5.79 Å². The predicted octanol–water partition coefficient (Wildman–Crippen LogP) is 2.89. The molecular formula is C17H22N2O2. The Morgan fingerprint density at radius 1 is 1.19 bits per heavy atom. The average Bonchev–Trinajstić information content (AvgIpc) is 2.98. The van der Waals surface area contributed by atoms with Crippen molar-refractivity contribution in [3.05, 3.63) is 35.4 Å². The zero-order chi connectivity index (χ0) is 14.7. The predicted molar refractivity (Wildman–Crippen MR) is 79.6 cm³/mol. The lowest BCUT2D eigenvalue weighted by atomic mass is 9.89. The summed E-state index contributed by atoms with van der Waals surface area (Å²) < 4.78 is 11.5. The van der Waals surface area contributed by atoms with E-state index in [2.05, 4.69) is 18.3 Å². The highest BCUT2D eigenvalue weighted by molar-refractivity contribution is 5.32. The Labute approximate surface area is 126 Å². The fraction of sp³-hybridized carbons (Fsp3) is 0.588. The lowest BCUT2D eigenvalue weighted by molar-refractivity contribution is -0.179. The molecule has 1 saturated heterocycles. The topological polar surface area (TPSA) is 54.3 Å². The van der Waals surface area contributed by atoms with Gasteiger partial charge in [0.1, 0.15) is 0 Å². The van der Waals surface area contributed by atoms with Crippen LogP contribution in [0, 0.1) is 11.3 Å². The van der Waals surface area contributed by atoms with Crippen LogP contribution in [-0.2, 0) is 9.47 Å². The molecule has 1 aromatic rings. The van der Waals surface area contributed by atoms with Crippen molar-refractivity contribution in [2.75, 3.05) is 13.2 Å². The number of rotatable bonds is 3. The Bertz CT molecular complexity index is 505. The molecule has 112 valence electrons. The number of hydrogen-bond donors (Lipinski definition) is 1. The Morgan fingerprint density at radius 3 is 2.38 bits per heavy atom. The highest BCUT2D eigenvalue weighted by Gasteiger charge is 2.40. The number of ether oxygens (including phenoxy) is 2. The molecule has 0 aromatic heterocycles. The van der Waals surface area contributed by atoms with Crippen LogP contribution >= 0.6 is 0 Å². The van der Waals surface area contributed by atoms with Crippen LogP contribution in [0.15, 0.2) is 24.3 Å². The van der Waals surface area contributed by atoms with Gasteiger partial charge in [0.25, 0.3) is 0 Å². The maximum atomic E-state index is 8.84. The first-order valence-electron chi connectivity index (χ1n) is 7.75. The molecule has 1 aliphatic carbocycles. The van der Waals surface area contributed by atoms with Gasteiger partial charge in [-0.05, 0) is 37.5 Å². The van der Waals surface area contributed by atoms with Gasteiger partial charge in [-0.1, -0.05) is 12.1 Å². The highest BCUT2D eigenvalue weighted by atomic mass is 16.7. The van der Waals surface area contributed by atoms with E-state index < -0.39 is 0 Å². The van der Waals surface area contributed by atoms with Gasteiger partial charge < -0.3 is 14.8 Å². The summed E-state index contributed by atoms with van der Waals surface area (Å²) in [5.74, 6) is -0.282. The first kappa shape index (κ1) is 14.5. The first-order valence-corrected chi connectivity index (χ1v) is 7.75. The van der Waals surface area contributed by atoms with Crippen molar-refractivity contribution in [3.8, 4) is 6.07 Å². The second kappa shape index (κ2) is 6.15. The zero-order valence-corrected chi connectivity index (χ0v) is 12.5. The van der Waals surface area contributed by atoms with E-state index in [1.807, 2.05) is 24.3 Å². The molecule has 2 aliphatic rings. The van der Waals surface area contributed by atoms with Crippen molar-refractivity contribution >= 4 is 0 Å². The quantitative estimate of drug-likeness (QED) is 0.928. The van der Waals surface area contributed by atoms with Gasteiger partial charge in [-0.15, -0.1) is 0 Å². The van der Waals surface area contributed by atoms with E-state index in [9.17, 15) is 0 Å². The van der Waals surface area contributed by atoms with Crippen molar-refractivity contribution < 1.29 is 9.47 Å². The number of benzene rings is 1. The molecule has 3 rings (SSSR count). The maximum absolute atomic E-state index is 8.84. The lowest BCUT2D eigenvalue weighted by Gasteiger charge is -2.36. The molecular weight excluding hydrogens is 264 g/mol. The fourth-order valence-electron chi connectivity index (χ4n) is 3.31. The summed E-state index contributed by atoms with van der Waals surface area (Å²) in [4.78, 5) is 0. The molecule has 1 aliphatic heterocycles. The monoisotopic (exact) mass is 286 g/mol. The minimum Gasteiger partial charge on any atom is -0.348 e. The van der Waals surface area contributed by atoms with Crippen LogP contribution in [-0.4, -0.2) is 25.0 Å². The Hall–Kier alpha value is -1.41. The second-order valence-electron chi connectivity index (χ2n) is 6.00.